The van der Waals surface area contributed by atoms with E-state index < -0.39 is 0 Å². The monoisotopic (exact) mass is 177 g/mol. The molecule has 0 bridgehead atoms. The second-order valence-electron chi connectivity index (χ2n) is 3.71. The maximum atomic E-state index is 4.12. The molecule has 1 saturated carbocycles. The molecule has 3 heteroatoms. The van der Waals surface area contributed by atoms with Crippen LogP contribution in [0.3, 0.4) is 0 Å². The molecule has 0 atom stereocenters. The smallest absolute Gasteiger partial charge is 0.0766 e. The molecule has 13 heavy (non-hydrogen) atoms. The molecule has 0 radical (unpaired) electrons. The van der Waals surface area contributed by atoms with Gasteiger partial charge in [0.25, 0.3) is 0 Å². The van der Waals surface area contributed by atoms with Gasteiger partial charge in [-0.05, 0) is 18.9 Å². The Balaban J connectivity index is 2.20. The van der Waals surface area contributed by atoms with Gasteiger partial charge in [-0.2, -0.15) is 0 Å². The highest BCUT2D eigenvalue weighted by Gasteiger charge is 2.22. The van der Waals surface area contributed by atoms with E-state index in [-0.39, 0.29) is 0 Å². The average molecular weight is 177 g/mol. The number of anilines is 2. The van der Waals surface area contributed by atoms with E-state index in [4.69, 9.17) is 0 Å². The van der Waals surface area contributed by atoms with Gasteiger partial charge in [-0.1, -0.05) is 0 Å². The lowest BCUT2D eigenvalue weighted by molar-refractivity contribution is 1.09. The third-order valence-corrected chi connectivity index (χ3v) is 2.22. The Kier molecular flexibility index (Phi) is 2.08. The molecule has 1 aromatic rings. The van der Waals surface area contributed by atoms with Crippen LogP contribution >= 0.6 is 0 Å². The van der Waals surface area contributed by atoms with Crippen molar-refractivity contribution in [2.24, 2.45) is 0 Å². The van der Waals surface area contributed by atoms with Gasteiger partial charge in [0.2, 0.25) is 0 Å². The van der Waals surface area contributed by atoms with Crippen LogP contribution in [0.25, 0.3) is 0 Å². The number of pyridine rings is 1. The molecule has 0 saturated heterocycles. The van der Waals surface area contributed by atoms with E-state index in [9.17, 15) is 0 Å². The lowest BCUT2D eigenvalue weighted by atomic mass is 10.3. The van der Waals surface area contributed by atoms with Crippen LogP contribution in [0.15, 0.2) is 18.5 Å². The molecule has 3 nitrogen and oxygen atoms in total. The highest BCUT2D eigenvalue weighted by Crippen LogP contribution is 2.29. The van der Waals surface area contributed by atoms with Crippen LogP contribution in [0, 0.1) is 0 Å². The Morgan fingerprint density at radius 3 is 2.85 bits per heavy atom. The van der Waals surface area contributed by atoms with Crippen molar-refractivity contribution < 1.29 is 0 Å². The molecule has 1 heterocycles. The minimum atomic E-state index is 0.683. The third kappa shape index (κ3) is 1.91. The quantitative estimate of drug-likeness (QED) is 0.762. The fraction of sp³-hybridized carbons (Fsp3) is 0.500. The Morgan fingerprint density at radius 2 is 2.23 bits per heavy atom. The fourth-order valence-electron chi connectivity index (χ4n) is 1.34. The van der Waals surface area contributed by atoms with Crippen molar-refractivity contribution >= 4 is 11.4 Å². The number of hydrogen-bond donors (Lipinski definition) is 1. The van der Waals surface area contributed by atoms with Crippen LogP contribution in [-0.2, 0) is 0 Å². The van der Waals surface area contributed by atoms with Gasteiger partial charge in [-0.25, -0.2) is 0 Å². The van der Waals surface area contributed by atoms with Crippen molar-refractivity contribution in [1.82, 2.24) is 4.98 Å². The zero-order valence-electron chi connectivity index (χ0n) is 8.12. The third-order valence-electron chi connectivity index (χ3n) is 2.22. The lowest BCUT2D eigenvalue weighted by Gasteiger charge is -2.17. The number of nitrogens with zero attached hydrogens (tertiary/aromatic N) is 2. The van der Waals surface area contributed by atoms with Gasteiger partial charge < -0.3 is 10.2 Å². The SMILES string of the molecule is CN(C)c1ccncc1NC1CC1. The summed E-state index contributed by atoms with van der Waals surface area (Å²) < 4.78 is 0. The van der Waals surface area contributed by atoms with E-state index >= 15 is 0 Å². The summed E-state index contributed by atoms with van der Waals surface area (Å²) in [6, 6.07) is 2.72. The summed E-state index contributed by atoms with van der Waals surface area (Å²) in [4.78, 5) is 6.22. The number of hydrogen-bond acceptors (Lipinski definition) is 3. The van der Waals surface area contributed by atoms with Crippen molar-refractivity contribution in [2.75, 3.05) is 24.3 Å². The molecule has 70 valence electrons. The van der Waals surface area contributed by atoms with Crippen molar-refractivity contribution in [1.29, 1.82) is 0 Å². The van der Waals surface area contributed by atoms with Crippen LogP contribution in [0.5, 0.6) is 0 Å². The summed E-state index contributed by atoms with van der Waals surface area (Å²) in [7, 11) is 4.10. The molecular formula is C10H15N3. The maximum Gasteiger partial charge on any atom is 0.0766 e. The zero-order valence-corrected chi connectivity index (χ0v) is 8.12. The summed E-state index contributed by atoms with van der Waals surface area (Å²) in [5.74, 6) is 0. The predicted octanol–water partition coefficient (Wildman–Crippen LogP) is 1.72. The topological polar surface area (TPSA) is 28.2 Å². The number of nitrogens with one attached hydrogen (secondary N) is 1. The second-order valence-corrected chi connectivity index (χ2v) is 3.71. The van der Waals surface area contributed by atoms with Crippen LogP contribution in [0.1, 0.15) is 12.8 Å². The minimum absolute atomic E-state index is 0.683. The fourth-order valence-corrected chi connectivity index (χ4v) is 1.34. The molecule has 1 aliphatic rings. The maximum absolute atomic E-state index is 4.12. The summed E-state index contributed by atoms with van der Waals surface area (Å²) >= 11 is 0. The minimum Gasteiger partial charge on any atom is -0.379 e. The Morgan fingerprint density at radius 1 is 1.46 bits per heavy atom. The summed E-state index contributed by atoms with van der Waals surface area (Å²) in [6.07, 6.45) is 6.31. The standard InChI is InChI=1S/C10H15N3/c1-13(2)10-5-6-11-7-9(10)12-8-3-4-8/h5-8,12H,3-4H2,1-2H3. The first-order valence-electron chi connectivity index (χ1n) is 4.65. The van der Waals surface area contributed by atoms with Gasteiger partial charge in [0.1, 0.15) is 0 Å². The first kappa shape index (κ1) is 8.35. The molecule has 0 spiro atoms. The van der Waals surface area contributed by atoms with Gasteiger partial charge in [-0.3, -0.25) is 4.98 Å². The molecular weight excluding hydrogens is 162 g/mol. The largest absolute Gasteiger partial charge is 0.379 e. The van der Waals surface area contributed by atoms with Gasteiger partial charge in [-0.15, -0.1) is 0 Å². The van der Waals surface area contributed by atoms with Gasteiger partial charge >= 0.3 is 0 Å². The first-order valence-corrected chi connectivity index (χ1v) is 4.65. The van der Waals surface area contributed by atoms with Crippen molar-refractivity contribution in [3.05, 3.63) is 18.5 Å². The van der Waals surface area contributed by atoms with Gasteiger partial charge in [0.05, 0.1) is 17.6 Å². The average Bonchev–Trinajstić information content (AvgIpc) is 2.89. The first-order chi connectivity index (χ1) is 6.27. The molecule has 1 N–H and O–H groups in total. The molecule has 1 aliphatic carbocycles. The Bertz CT molecular complexity index is 292. The molecule has 1 aromatic heterocycles. The van der Waals surface area contributed by atoms with Crippen molar-refractivity contribution in [2.45, 2.75) is 18.9 Å². The Labute approximate surface area is 78.8 Å². The molecule has 2 rings (SSSR count). The van der Waals surface area contributed by atoms with Crippen LogP contribution in [0.4, 0.5) is 11.4 Å². The van der Waals surface area contributed by atoms with Crippen LogP contribution < -0.4 is 10.2 Å². The van der Waals surface area contributed by atoms with E-state index in [0.29, 0.717) is 6.04 Å². The van der Waals surface area contributed by atoms with E-state index in [1.54, 1.807) is 0 Å². The normalized spacial score (nSPS) is 15.5. The molecule has 0 amide bonds. The summed E-state index contributed by atoms with van der Waals surface area (Å²) in [6.45, 7) is 0. The van der Waals surface area contributed by atoms with Crippen molar-refractivity contribution in [3.63, 3.8) is 0 Å². The number of aromatic nitrogens is 1. The Hall–Kier alpha value is -1.25. The van der Waals surface area contributed by atoms with Gasteiger partial charge in [0, 0.05) is 26.3 Å². The van der Waals surface area contributed by atoms with E-state index in [0.717, 1.165) is 5.69 Å². The summed E-state index contributed by atoms with van der Waals surface area (Å²) in [5, 5.41) is 3.46. The van der Waals surface area contributed by atoms with E-state index in [2.05, 4.69) is 15.2 Å². The predicted molar refractivity (Wildman–Crippen MR) is 55.2 cm³/mol. The number of rotatable bonds is 3. The van der Waals surface area contributed by atoms with E-state index in [1.807, 2.05) is 32.6 Å². The second kappa shape index (κ2) is 3.24. The molecule has 0 aromatic carbocycles. The van der Waals surface area contributed by atoms with E-state index in [1.165, 1.54) is 18.5 Å². The highest BCUT2D eigenvalue weighted by atomic mass is 15.1. The summed E-state index contributed by atoms with van der Waals surface area (Å²) in [5.41, 5.74) is 2.36. The van der Waals surface area contributed by atoms with Gasteiger partial charge in [0.15, 0.2) is 0 Å². The molecule has 0 unspecified atom stereocenters. The molecule has 0 aliphatic heterocycles. The van der Waals surface area contributed by atoms with Crippen molar-refractivity contribution in [3.8, 4) is 0 Å². The molecule has 1 fully saturated rings. The zero-order chi connectivity index (χ0) is 9.26. The lowest BCUT2D eigenvalue weighted by Crippen LogP contribution is -2.13. The van der Waals surface area contributed by atoms with Crippen LogP contribution in [0.2, 0.25) is 0 Å². The van der Waals surface area contributed by atoms with Crippen LogP contribution in [-0.4, -0.2) is 25.1 Å². The highest BCUT2D eigenvalue weighted by molar-refractivity contribution is 5.68.